The summed E-state index contributed by atoms with van der Waals surface area (Å²) in [6.45, 7) is 3.81. The summed E-state index contributed by atoms with van der Waals surface area (Å²) in [5.41, 5.74) is 3.47. The van der Waals surface area contributed by atoms with E-state index in [-0.39, 0.29) is 0 Å². The molecule has 1 aliphatic rings. The molecule has 0 amide bonds. The Labute approximate surface area is 104 Å². The fourth-order valence-electron chi connectivity index (χ4n) is 2.92. The third kappa shape index (κ3) is 2.58. The van der Waals surface area contributed by atoms with Gasteiger partial charge in [-0.15, -0.1) is 6.58 Å². The quantitative estimate of drug-likeness (QED) is 0.702. The van der Waals surface area contributed by atoms with Crippen molar-refractivity contribution in [1.29, 1.82) is 5.26 Å². The van der Waals surface area contributed by atoms with E-state index in [4.69, 9.17) is 0 Å². The molecular formula is C16H19N. The first-order valence-electron chi connectivity index (χ1n) is 6.49. The number of allylic oxidation sites excluding steroid dienone is 1. The topological polar surface area (TPSA) is 23.8 Å². The molecular weight excluding hydrogens is 206 g/mol. The molecule has 0 N–H and O–H groups in total. The number of nitriles is 1. The van der Waals surface area contributed by atoms with Crippen LogP contribution in [0.5, 0.6) is 0 Å². The molecule has 1 saturated carbocycles. The van der Waals surface area contributed by atoms with Gasteiger partial charge >= 0.3 is 0 Å². The van der Waals surface area contributed by atoms with Gasteiger partial charge in [-0.2, -0.15) is 5.26 Å². The molecule has 1 aromatic rings. The third-order valence-corrected chi connectivity index (χ3v) is 3.69. The number of hydrogen-bond acceptors (Lipinski definition) is 1. The molecule has 0 saturated heterocycles. The fourth-order valence-corrected chi connectivity index (χ4v) is 2.92. The Kier molecular flexibility index (Phi) is 3.98. The summed E-state index contributed by atoms with van der Waals surface area (Å²) in [6, 6.07) is 8.45. The van der Waals surface area contributed by atoms with Gasteiger partial charge in [0, 0.05) is 0 Å². The van der Waals surface area contributed by atoms with E-state index in [1.807, 2.05) is 18.2 Å². The largest absolute Gasteiger partial charge is 0.192 e. The maximum Gasteiger partial charge on any atom is 0.0994 e. The molecule has 0 aliphatic heterocycles. The Bertz CT molecular complexity index is 433. The van der Waals surface area contributed by atoms with Crippen molar-refractivity contribution in [3.05, 3.63) is 47.5 Å². The molecule has 1 aliphatic carbocycles. The van der Waals surface area contributed by atoms with Crippen molar-refractivity contribution in [3.8, 4) is 6.07 Å². The van der Waals surface area contributed by atoms with Crippen LogP contribution in [0.1, 0.15) is 54.7 Å². The Morgan fingerprint density at radius 2 is 2.06 bits per heavy atom. The van der Waals surface area contributed by atoms with Gasteiger partial charge < -0.3 is 0 Å². The van der Waals surface area contributed by atoms with E-state index in [0.29, 0.717) is 5.92 Å². The van der Waals surface area contributed by atoms with Gasteiger partial charge in [0.05, 0.1) is 11.6 Å². The summed E-state index contributed by atoms with van der Waals surface area (Å²) in [7, 11) is 0. The Morgan fingerprint density at radius 3 is 2.71 bits per heavy atom. The van der Waals surface area contributed by atoms with Gasteiger partial charge in [0.2, 0.25) is 0 Å². The Hall–Kier alpha value is -1.55. The second kappa shape index (κ2) is 5.68. The zero-order valence-electron chi connectivity index (χ0n) is 10.3. The normalized spacial score (nSPS) is 16.4. The lowest BCUT2D eigenvalue weighted by Gasteiger charge is -2.25. The maximum atomic E-state index is 9.27. The van der Waals surface area contributed by atoms with Crippen LogP contribution in [0, 0.1) is 11.3 Å². The van der Waals surface area contributed by atoms with Crippen LogP contribution in [-0.2, 0) is 6.42 Å². The van der Waals surface area contributed by atoms with E-state index >= 15 is 0 Å². The fraction of sp³-hybridized carbons (Fsp3) is 0.438. The number of benzene rings is 1. The standard InChI is InChI=1S/C16H19N/c1-2-7-13-10-6-11-15(12-17)16(13)14-8-4-3-5-9-14/h2,6,10-11,14H,1,3-5,7-9H2. The van der Waals surface area contributed by atoms with Gasteiger partial charge in [0.1, 0.15) is 0 Å². The second-order valence-electron chi connectivity index (χ2n) is 4.82. The van der Waals surface area contributed by atoms with E-state index < -0.39 is 0 Å². The van der Waals surface area contributed by atoms with E-state index in [0.717, 1.165) is 12.0 Å². The van der Waals surface area contributed by atoms with Gasteiger partial charge in [0.15, 0.2) is 0 Å². The first-order valence-corrected chi connectivity index (χ1v) is 6.49. The Balaban J connectivity index is 2.40. The van der Waals surface area contributed by atoms with E-state index in [9.17, 15) is 5.26 Å². The molecule has 1 aromatic carbocycles. The zero-order valence-corrected chi connectivity index (χ0v) is 10.3. The van der Waals surface area contributed by atoms with Gasteiger partial charge in [-0.1, -0.05) is 37.5 Å². The lowest BCUT2D eigenvalue weighted by molar-refractivity contribution is 0.441. The lowest BCUT2D eigenvalue weighted by Crippen LogP contribution is -2.09. The second-order valence-corrected chi connectivity index (χ2v) is 4.82. The highest BCUT2D eigenvalue weighted by atomic mass is 14.3. The molecule has 2 rings (SSSR count). The van der Waals surface area contributed by atoms with Crippen molar-refractivity contribution < 1.29 is 0 Å². The van der Waals surface area contributed by atoms with Crippen molar-refractivity contribution in [1.82, 2.24) is 0 Å². The highest BCUT2D eigenvalue weighted by molar-refractivity contribution is 5.46. The molecule has 0 unspecified atom stereocenters. The van der Waals surface area contributed by atoms with E-state index in [1.54, 1.807) is 0 Å². The summed E-state index contributed by atoms with van der Waals surface area (Å²) >= 11 is 0. The predicted molar refractivity (Wildman–Crippen MR) is 70.9 cm³/mol. The van der Waals surface area contributed by atoms with Crippen molar-refractivity contribution in [2.45, 2.75) is 44.4 Å². The van der Waals surface area contributed by atoms with E-state index in [2.05, 4.69) is 18.7 Å². The van der Waals surface area contributed by atoms with Crippen LogP contribution >= 0.6 is 0 Å². The van der Waals surface area contributed by atoms with Gasteiger partial charge in [-0.05, 0) is 42.4 Å². The summed E-state index contributed by atoms with van der Waals surface area (Å²) in [4.78, 5) is 0. The molecule has 1 fully saturated rings. The molecule has 0 heterocycles. The van der Waals surface area contributed by atoms with Crippen LogP contribution in [0.2, 0.25) is 0 Å². The van der Waals surface area contributed by atoms with Gasteiger partial charge in [0.25, 0.3) is 0 Å². The zero-order chi connectivity index (χ0) is 12.1. The number of nitrogens with zero attached hydrogens (tertiary/aromatic N) is 1. The van der Waals surface area contributed by atoms with Crippen molar-refractivity contribution in [2.24, 2.45) is 0 Å². The summed E-state index contributed by atoms with van der Waals surface area (Å²) in [6.07, 6.45) is 9.24. The highest BCUT2D eigenvalue weighted by Gasteiger charge is 2.20. The molecule has 0 atom stereocenters. The average molecular weight is 225 g/mol. The molecule has 0 spiro atoms. The van der Waals surface area contributed by atoms with Crippen molar-refractivity contribution >= 4 is 0 Å². The lowest BCUT2D eigenvalue weighted by atomic mass is 9.79. The van der Waals surface area contributed by atoms with Crippen molar-refractivity contribution in [2.75, 3.05) is 0 Å². The van der Waals surface area contributed by atoms with Crippen LogP contribution in [0.15, 0.2) is 30.9 Å². The molecule has 1 nitrogen and oxygen atoms in total. The van der Waals surface area contributed by atoms with Crippen LogP contribution in [0.25, 0.3) is 0 Å². The van der Waals surface area contributed by atoms with Crippen molar-refractivity contribution in [3.63, 3.8) is 0 Å². The minimum atomic E-state index is 0.592. The van der Waals surface area contributed by atoms with Crippen LogP contribution in [-0.4, -0.2) is 0 Å². The molecule has 0 radical (unpaired) electrons. The number of rotatable bonds is 3. The summed E-state index contributed by atoms with van der Waals surface area (Å²) < 4.78 is 0. The smallest absolute Gasteiger partial charge is 0.0994 e. The van der Waals surface area contributed by atoms with Crippen LogP contribution < -0.4 is 0 Å². The molecule has 1 heteroatoms. The molecule has 0 aromatic heterocycles. The highest BCUT2D eigenvalue weighted by Crippen LogP contribution is 2.36. The van der Waals surface area contributed by atoms with Crippen LogP contribution in [0.3, 0.4) is 0 Å². The molecule has 0 bridgehead atoms. The first kappa shape index (κ1) is 11.9. The molecule has 17 heavy (non-hydrogen) atoms. The number of hydrogen-bond donors (Lipinski definition) is 0. The monoisotopic (exact) mass is 225 g/mol. The Morgan fingerprint density at radius 1 is 1.29 bits per heavy atom. The van der Waals surface area contributed by atoms with Crippen LogP contribution in [0.4, 0.5) is 0 Å². The SMILES string of the molecule is C=CCc1cccc(C#N)c1C1CCCCC1. The summed E-state index contributed by atoms with van der Waals surface area (Å²) in [5, 5.41) is 9.27. The summed E-state index contributed by atoms with van der Waals surface area (Å²) in [5.74, 6) is 0.592. The molecule has 88 valence electrons. The van der Waals surface area contributed by atoms with Gasteiger partial charge in [-0.3, -0.25) is 0 Å². The average Bonchev–Trinajstić information content (AvgIpc) is 2.40. The minimum absolute atomic E-state index is 0.592. The minimum Gasteiger partial charge on any atom is -0.192 e. The van der Waals surface area contributed by atoms with E-state index in [1.165, 1.54) is 43.2 Å². The maximum absolute atomic E-state index is 9.27. The van der Waals surface area contributed by atoms with Gasteiger partial charge in [-0.25, -0.2) is 0 Å². The first-order chi connectivity index (χ1) is 8.36. The predicted octanol–water partition coefficient (Wildman–Crippen LogP) is 4.33. The third-order valence-electron chi connectivity index (χ3n) is 3.69.